The molecule has 0 amide bonds. The third-order valence-electron chi connectivity index (χ3n) is 6.05. The molecule has 0 aliphatic heterocycles. The minimum Gasteiger partial charge on any atom is -0.327 e. The molecule has 0 saturated carbocycles. The van der Waals surface area contributed by atoms with Crippen molar-refractivity contribution >= 4 is 0 Å². The SMILES string of the molecule is CCCCCCCCC(CC)C(OCCCCC)(OCCCCC)OCCCCC. The average molecular weight is 429 g/mol. The summed E-state index contributed by atoms with van der Waals surface area (Å²) in [6.07, 6.45) is 20.6. The first-order valence-corrected chi connectivity index (χ1v) is 13.6. The Bertz CT molecular complexity index is 301. The number of ether oxygens (including phenoxy) is 3. The quantitative estimate of drug-likeness (QED) is 0.113. The minimum absolute atomic E-state index is 0.313. The summed E-state index contributed by atoms with van der Waals surface area (Å²) in [7, 11) is 0. The van der Waals surface area contributed by atoms with E-state index in [2.05, 4.69) is 34.6 Å². The lowest BCUT2D eigenvalue weighted by Gasteiger charge is -2.39. The molecule has 3 nitrogen and oxygen atoms in total. The highest BCUT2D eigenvalue weighted by Gasteiger charge is 2.41. The monoisotopic (exact) mass is 428 g/mol. The Kier molecular flexibility index (Phi) is 22.0. The lowest BCUT2D eigenvalue weighted by molar-refractivity contribution is -0.407. The molecule has 1 unspecified atom stereocenters. The van der Waals surface area contributed by atoms with Gasteiger partial charge in [0.15, 0.2) is 0 Å². The normalized spacial score (nSPS) is 13.1. The van der Waals surface area contributed by atoms with Crippen LogP contribution in [0.5, 0.6) is 0 Å². The van der Waals surface area contributed by atoms with Crippen LogP contribution in [0.25, 0.3) is 0 Å². The van der Waals surface area contributed by atoms with Crippen LogP contribution < -0.4 is 0 Å². The van der Waals surface area contributed by atoms with Crippen molar-refractivity contribution in [3.8, 4) is 0 Å². The molecule has 0 aliphatic carbocycles. The van der Waals surface area contributed by atoms with Crippen LogP contribution >= 0.6 is 0 Å². The summed E-state index contributed by atoms with van der Waals surface area (Å²) in [6, 6.07) is 0. The van der Waals surface area contributed by atoms with E-state index in [0.717, 1.165) is 51.9 Å². The van der Waals surface area contributed by atoms with Crippen LogP contribution in [-0.4, -0.2) is 25.8 Å². The van der Waals surface area contributed by atoms with Crippen molar-refractivity contribution in [1.29, 1.82) is 0 Å². The fourth-order valence-corrected chi connectivity index (χ4v) is 3.98. The summed E-state index contributed by atoms with van der Waals surface area (Å²) >= 11 is 0. The minimum atomic E-state index is -0.840. The number of hydrogen-bond donors (Lipinski definition) is 0. The Morgan fingerprint density at radius 1 is 0.467 bits per heavy atom. The van der Waals surface area contributed by atoms with Crippen molar-refractivity contribution in [2.75, 3.05) is 19.8 Å². The Balaban J connectivity index is 5.04. The van der Waals surface area contributed by atoms with E-state index in [4.69, 9.17) is 14.2 Å². The molecular weight excluding hydrogens is 372 g/mol. The van der Waals surface area contributed by atoms with Gasteiger partial charge in [-0.1, -0.05) is 112 Å². The van der Waals surface area contributed by atoms with Crippen molar-refractivity contribution < 1.29 is 14.2 Å². The van der Waals surface area contributed by atoms with E-state index in [1.807, 2.05) is 0 Å². The van der Waals surface area contributed by atoms with Crippen LogP contribution in [0.4, 0.5) is 0 Å². The first-order chi connectivity index (χ1) is 14.7. The van der Waals surface area contributed by atoms with Gasteiger partial charge in [0.25, 0.3) is 5.97 Å². The van der Waals surface area contributed by atoms with E-state index >= 15 is 0 Å². The van der Waals surface area contributed by atoms with Gasteiger partial charge in [-0.25, -0.2) is 0 Å². The molecule has 0 bridgehead atoms. The maximum atomic E-state index is 6.50. The average Bonchev–Trinajstić information content (AvgIpc) is 2.76. The molecule has 0 fully saturated rings. The van der Waals surface area contributed by atoms with Crippen LogP contribution in [0.15, 0.2) is 0 Å². The van der Waals surface area contributed by atoms with Gasteiger partial charge < -0.3 is 14.2 Å². The van der Waals surface area contributed by atoms with E-state index in [1.165, 1.54) is 77.0 Å². The van der Waals surface area contributed by atoms with Crippen molar-refractivity contribution in [2.24, 2.45) is 5.92 Å². The van der Waals surface area contributed by atoms with Gasteiger partial charge in [0.2, 0.25) is 0 Å². The Labute approximate surface area is 190 Å². The van der Waals surface area contributed by atoms with Crippen LogP contribution in [0, 0.1) is 5.92 Å². The van der Waals surface area contributed by atoms with E-state index in [-0.39, 0.29) is 0 Å². The third-order valence-corrected chi connectivity index (χ3v) is 6.05. The zero-order chi connectivity index (χ0) is 22.3. The molecule has 1 atom stereocenters. The summed E-state index contributed by atoms with van der Waals surface area (Å²) in [6.45, 7) is 13.5. The number of hydrogen-bond acceptors (Lipinski definition) is 3. The van der Waals surface area contributed by atoms with Gasteiger partial charge in [-0.2, -0.15) is 0 Å². The van der Waals surface area contributed by atoms with E-state index in [0.29, 0.717) is 5.92 Å². The molecule has 30 heavy (non-hydrogen) atoms. The maximum Gasteiger partial charge on any atom is 0.285 e. The summed E-state index contributed by atoms with van der Waals surface area (Å²) < 4.78 is 19.5. The van der Waals surface area contributed by atoms with Crippen LogP contribution in [-0.2, 0) is 14.2 Å². The third kappa shape index (κ3) is 14.8. The van der Waals surface area contributed by atoms with Crippen LogP contribution in [0.3, 0.4) is 0 Å². The number of rotatable bonds is 24. The molecule has 0 aromatic heterocycles. The highest BCUT2D eigenvalue weighted by molar-refractivity contribution is 4.72. The van der Waals surface area contributed by atoms with E-state index in [9.17, 15) is 0 Å². The lowest BCUT2D eigenvalue weighted by Crippen LogP contribution is -2.47. The fourth-order valence-electron chi connectivity index (χ4n) is 3.98. The molecule has 0 aromatic carbocycles. The second-order valence-corrected chi connectivity index (χ2v) is 8.93. The van der Waals surface area contributed by atoms with Gasteiger partial charge in [0.05, 0.1) is 19.8 Å². The van der Waals surface area contributed by atoms with Crippen molar-refractivity contribution in [2.45, 2.75) is 150 Å². The summed E-state index contributed by atoms with van der Waals surface area (Å²) in [4.78, 5) is 0. The second-order valence-electron chi connectivity index (χ2n) is 8.93. The van der Waals surface area contributed by atoms with Crippen molar-refractivity contribution in [3.63, 3.8) is 0 Å². The smallest absolute Gasteiger partial charge is 0.285 e. The number of unbranched alkanes of at least 4 members (excludes halogenated alkanes) is 11. The van der Waals surface area contributed by atoms with Crippen LogP contribution in [0.1, 0.15) is 144 Å². The summed E-state index contributed by atoms with van der Waals surface area (Å²) in [5.74, 6) is -0.526. The molecule has 0 radical (unpaired) electrons. The highest BCUT2D eigenvalue weighted by Crippen LogP contribution is 2.34. The molecule has 0 aliphatic rings. The van der Waals surface area contributed by atoms with Gasteiger partial charge in [-0.15, -0.1) is 0 Å². The maximum absolute atomic E-state index is 6.50. The zero-order valence-electron chi connectivity index (χ0n) is 21.4. The molecule has 0 heterocycles. The predicted molar refractivity (Wildman–Crippen MR) is 131 cm³/mol. The first-order valence-electron chi connectivity index (χ1n) is 13.6. The first kappa shape index (κ1) is 29.9. The van der Waals surface area contributed by atoms with Gasteiger partial charge in [-0.05, 0) is 32.1 Å². The molecule has 182 valence electrons. The van der Waals surface area contributed by atoms with Crippen molar-refractivity contribution in [1.82, 2.24) is 0 Å². The second kappa shape index (κ2) is 22.1. The molecule has 0 spiro atoms. The largest absolute Gasteiger partial charge is 0.327 e. The van der Waals surface area contributed by atoms with Crippen molar-refractivity contribution in [3.05, 3.63) is 0 Å². The summed E-state index contributed by atoms with van der Waals surface area (Å²) in [5, 5.41) is 0. The topological polar surface area (TPSA) is 27.7 Å². The van der Waals surface area contributed by atoms with Gasteiger partial charge in [-0.3, -0.25) is 0 Å². The zero-order valence-corrected chi connectivity index (χ0v) is 21.4. The molecule has 3 heteroatoms. The Hall–Kier alpha value is -0.120. The van der Waals surface area contributed by atoms with Gasteiger partial charge in [0.1, 0.15) is 0 Å². The molecular formula is C27H56O3. The molecule has 0 N–H and O–H groups in total. The van der Waals surface area contributed by atoms with Crippen LogP contribution in [0.2, 0.25) is 0 Å². The fraction of sp³-hybridized carbons (Fsp3) is 1.00. The highest BCUT2D eigenvalue weighted by atomic mass is 16.9. The standard InChI is InChI=1S/C27H56O3/c1-6-11-15-16-17-18-22-26(10-5)27(28-23-19-12-7-2,29-24-20-13-8-3)30-25-21-14-9-4/h26H,6-25H2,1-5H3. The van der Waals surface area contributed by atoms with Gasteiger partial charge in [0, 0.05) is 5.92 Å². The van der Waals surface area contributed by atoms with Gasteiger partial charge >= 0.3 is 0 Å². The summed E-state index contributed by atoms with van der Waals surface area (Å²) in [5.41, 5.74) is 0. The predicted octanol–water partition coefficient (Wildman–Crippen LogP) is 9.04. The lowest BCUT2D eigenvalue weighted by atomic mass is 9.95. The molecule has 0 aromatic rings. The Morgan fingerprint density at radius 3 is 1.23 bits per heavy atom. The Morgan fingerprint density at radius 2 is 0.833 bits per heavy atom. The van der Waals surface area contributed by atoms with E-state index < -0.39 is 5.97 Å². The van der Waals surface area contributed by atoms with E-state index in [1.54, 1.807) is 0 Å². The molecule has 0 saturated heterocycles. The molecule has 0 rings (SSSR count).